The lowest BCUT2D eigenvalue weighted by molar-refractivity contribution is 0.0661. The van der Waals surface area contributed by atoms with Gasteiger partial charge in [0.25, 0.3) is 0 Å². The number of nitrogens with zero attached hydrogens (tertiary/aromatic N) is 1. The molecule has 1 saturated carbocycles. The second kappa shape index (κ2) is 3.68. The number of hydrogen-bond donors (Lipinski definition) is 2. The molecule has 0 aromatic rings. The average molecular weight is 228 g/mol. The Morgan fingerprint density at radius 1 is 1.47 bits per heavy atom. The van der Waals surface area contributed by atoms with Crippen molar-refractivity contribution in [3.63, 3.8) is 0 Å². The first-order valence-electron chi connectivity index (χ1n) is 5.64. The third kappa shape index (κ3) is 2.89. The molecule has 1 unspecified atom stereocenters. The van der Waals surface area contributed by atoms with Gasteiger partial charge in [-0.25, -0.2) is 0 Å². The fraction of sp³-hybridized carbons (Fsp3) is 0.909. The lowest BCUT2D eigenvalue weighted by Crippen LogP contribution is -2.34. The zero-order chi connectivity index (χ0) is 11.1. The second-order valence-corrected chi connectivity index (χ2v) is 6.13. The molecule has 2 rings (SSSR count). The summed E-state index contributed by atoms with van der Waals surface area (Å²) in [5, 5.41) is 9.87. The van der Waals surface area contributed by atoms with Gasteiger partial charge in [-0.15, -0.1) is 0 Å². The summed E-state index contributed by atoms with van der Waals surface area (Å²) in [4.78, 5) is 2.99. The van der Waals surface area contributed by atoms with E-state index in [4.69, 9.17) is 18.0 Å². The molecule has 86 valence electrons. The van der Waals surface area contributed by atoms with Crippen molar-refractivity contribution in [1.29, 1.82) is 0 Å². The third-order valence-corrected chi connectivity index (χ3v) is 3.74. The van der Waals surface area contributed by atoms with Gasteiger partial charge in [-0.3, -0.25) is 4.90 Å². The van der Waals surface area contributed by atoms with Crippen LogP contribution in [-0.4, -0.2) is 40.2 Å². The minimum atomic E-state index is -0.487. The molecule has 0 aromatic carbocycles. The van der Waals surface area contributed by atoms with Gasteiger partial charge in [0.1, 0.15) is 0 Å². The molecule has 2 fully saturated rings. The van der Waals surface area contributed by atoms with Crippen LogP contribution in [0.15, 0.2) is 0 Å². The first-order chi connectivity index (χ1) is 6.91. The van der Waals surface area contributed by atoms with Crippen molar-refractivity contribution in [3.8, 4) is 0 Å². The average Bonchev–Trinajstić information content (AvgIpc) is 2.70. The fourth-order valence-electron chi connectivity index (χ4n) is 2.59. The predicted molar refractivity (Wildman–Crippen MR) is 64.8 cm³/mol. The summed E-state index contributed by atoms with van der Waals surface area (Å²) in [6.07, 6.45) is 4.24. The van der Waals surface area contributed by atoms with E-state index in [1.165, 1.54) is 12.8 Å². The second-order valence-electron chi connectivity index (χ2n) is 5.60. The molecule has 3 N–H and O–H groups in total. The predicted octanol–water partition coefficient (Wildman–Crippen LogP) is 0.900. The molecule has 3 nitrogen and oxygen atoms in total. The molecule has 1 saturated heterocycles. The van der Waals surface area contributed by atoms with Crippen LogP contribution in [0.4, 0.5) is 0 Å². The van der Waals surface area contributed by atoms with Crippen molar-refractivity contribution in [2.45, 2.75) is 38.2 Å². The quantitative estimate of drug-likeness (QED) is 0.702. The molecule has 1 aliphatic carbocycles. The van der Waals surface area contributed by atoms with Gasteiger partial charge < -0.3 is 10.8 Å². The molecule has 1 atom stereocenters. The first kappa shape index (κ1) is 11.3. The molecule has 0 spiro atoms. The molecule has 0 radical (unpaired) electrons. The van der Waals surface area contributed by atoms with Crippen molar-refractivity contribution < 1.29 is 5.11 Å². The van der Waals surface area contributed by atoms with Crippen molar-refractivity contribution in [2.75, 3.05) is 19.6 Å². The Labute approximate surface area is 96.6 Å². The molecular weight excluding hydrogens is 208 g/mol. The lowest BCUT2D eigenvalue weighted by atomic mass is 10.0. The summed E-state index contributed by atoms with van der Waals surface area (Å²) in [5.41, 5.74) is 5.48. The Morgan fingerprint density at radius 3 is 2.53 bits per heavy atom. The normalized spacial score (nSPS) is 34.3. The Kier molecular flexibility index (Phi) is 2.77. The van der Waals surface area contributed by atoms with Gasteiger partial charge in [0.2, 0.25) is 0 Å². The number of rotatable bonds is 4. The zero-order valence-electron chi connectivity index (χ0n) is 9.33. The van der Waals surface area contributed by atoms with Gasteiger partial charge in [-0.2, -0.15) is 0 Å². The van der Waals surface area contributed by atoms with Crippen molar-refractivity contribution >= 4 is 17.2 Å². The smallest absolute Gasteiger partial charge is 0.0758 e. The van der Waals surface area contributed by atoms with Gasteiger partial charge in [0, 0.05) is 26.1 Å². The summed E-state index contributed by atoms with van der Waals surface area (Å²) in [7, 11) is 0. The molecule has 1 aliphatic heterocycles. The Hall–Kier alpha value is -0.190. The molecule has 2 aliphatic rings. The van der Waals surface area contributed by atoms with Gasteiger partial charge in [-0.1, -0.05) is 12.2 Å². The number of nitrogens with two attached hydrogens (primary N) is 1. The van der Waals surface area contributed by atoms with Gasteiger partial charge in [0.05, 0.1) is 10.6 Å². The Bertz CT molecular complexity index is 274. The number of hydrogen-bond acceptors (Lipinski definition) is 3. The number of β-amino-alcohol motifs (C(OH)–C–C–N with tert-alkyl or cyclic N) is 1. The molecule has 0 amide bonds. The van der Waals surface area contributed by atoms with Gasteiger partial charge >= 0.3 is 0 Å². The highest BCUT2D eigenvalue weighted by atomic mass is 32.1. The van der Waals surface area contributed by atoms with Crippen LogP contribution in [-0.2, 0) is 0 Å². The molecule has 4 heteroatoms. The minimum Gasteiger partial charge on any atom is -0.393 e. The zero-order valence-corrected chi connectivity index (χ0v) is 10.1. The van der Waals surface area contributed by atoms with E-state index in [0.29, 0.717) is 10.4 Å². The summed E-state index contributed by atoms with van der Waals surface area (Å²) in [6.45, 7) is 4.78. The van der Waals surface area contributed by atoms with E-state index in [-0.39, 0.29) is 0 Å². The van der Waals surface area contributed by atoms with E-state index in [1.54, 1.807) is 0 Å². The highest BCUT2D eigenvalue weighted by molar-refractivity contribution is 7.80. The van der Waals surface area contributed by atoms with Gasteiger partial charge in [-0.05, 0) is 31.6 Å². The standard InChI is InChI=1S/C11H20N2OS/c1-10(14)4-5-13(7-10)8-11(2-3-11)6-9(12)15/h14H,2-8H2,1H3,(H2,12,15). The third-order valence-electron chi connectivity index (χ3n) is 3.60. The van der Waals surface area contributed by atoms with Crippen molar-refractivity contribution in [2.24, 2.45) is 11.1 Å². The largest absolute Gasteiger partial charge is 0.393 e. The lowest BCUT2D eigenvalue weighted by Gasteiger charge is -2.24. The van der Waals surface area contributed by atoms with Crippen LogP contribution < -0.4 is 5.73 Å². The van der Waals surface area contributed by atoms with Crippen LogP contribution in [0.2, 0.25) is 0 Å². The molecule has 0 bridgehead atoms. The maximum absolute atomic E-state index is 9.87. The first-order valence-corrected chi connectivity index (χ1v) is 6.05. The van der Waals surface area contributed by atoms with Crippen LogP contribution in [0.5, 0.6) is 0 Å². The van der Waals surface area contributed by atoms with Crippen LogP contribution in [0.3, 0.4) is 0 Å². The van der Waals surface area contributed by atoms with Gasteiger partial charge in [0.15, 0.2) is 0 Å². The SMILES string of the molecule is CC1(O)CCN(CC2(CC(N)=S)CC2)C1. The molecule has 0 aromatic heterocycles. The van der Waals surface area contributed by atoms with E-state index in [9.17, 15) is 5.11 Å². The Morgan fingerprint density at radius 2 is 2.13 bits per heavy atom. The van der Waals surface area contributed by atoms with Crippen LogP contribution in [0.25, 0.3) is 0 Å². The van der Waals surface area contributed by atoms with Crippen molar-refractivity contribution in [3.05, 3.63) is 0 Å². The summed E-state index contributed by atoms with van der Waals surface area (Å²) in [5.74, 6) is 0. The molecular formula is C11H20N2OS. The minimum absolute atomic E-state index is 0.353. The highest BCUT2D eigenvalue weighted by Crippen LogP contribution is 2.49. The summed E-state index contributed by atoms with van der Waals surface area (Å²) >= 11 is 4.98. The maximum atomic E-state index is 9.87. The molecule has 1 heterocycles. The van der Waals surface area contributed by atoms with E-state index in [2.05, 4.69) is 4.90 Å². The topological polar surface area (TPSA) is 49.5 Å². The maximum Gasteiger partial charge on any atom is 0.0758 e. The van der Waals surface area contributed by atoms with E-state index in [0.717, 1.165) is 32.5 Å². The number of thiocarbonyl (C=S) groups is 1. The van der Waals surface area contributed by atoms with E-state index < -0.39 is 5.60 Å². The van der Waals surface area contributed by atoms with Crippen LogP contribution in [0, 0.1) is 5.41 Å². The summed E-state index contributed by atoms with van der Waals surface area (Å²) < 4.78 is 0. The van der Waals surface area contributed by atoms with Crippen molar-refractivity contribution in [1.82, 2.24) is 4.90 Å². The monoisotopic (exact) mass is 228 g/mol. The Balaban J connectivity index is 1.85. The van der Waals surface area contributed by atoms with E-state index in [1.807, 2.05) is 6.92 Å². The fourth-order valence-corrected chi connectivity index (χ4v) is 2.89. The van der Waals surface area contributed by atoms with E-state index >= 15 is 0 Å². The van der Waals surface area contributed by atoms with Crippen LogP contribution in [0.1, 0.15) is 32.6 Å². The number of likely N-dealkylation sites (tertiary alicyclic amines) is 1. The number of aliphatic hydroxyl groups is 1. The molecule has 15 heavy (non-hydrogen) atoms. The summed E-state index contributed by atoms with van der Waals surface area (Å²) in [6, 6.07) is 0. The van der Waals surface area contributed by atoms with Crippen LogP contribution >= 0.6 is 12.2 Å². The highest BCUT2D eigenvalue weighted by Gasteiger charge is 2.46.